The lowest BCUT2D eigenvalue weighted by Crippen LogP contribution is -2.46. The molecule has 0 aromatic heterocycles. The van der Waals surface area contributed by atoms with Crippen molar-refractivity contribution in [2.75, 3.05) is 76.4 Å². The maximum absolute atomic E-state index is 5.32. The Morgan fingerprint density at radius 3 is 1.62 bits per heavy atom. The van der Waals surface area contributed by atoms with Gasteiger partial charge in [-0.3, -0.25) is 4.90 Å². The highest BCUT2D eigenvalue weighted by Gasteiger charge is 2.19. The number of anilines is 2. The van der Waals surface area contributed by atoms with Gasteiger partial charge >= 0.3 is 0 Å². The highest BCUT2D eigenvalue weighted by molar-refractivity contribution is 5.54. The van der Waals surface area contributed by atoms with Crippen molar-refractivity contribution >= 4 is 11.4 Å². The van der Waals surface area contributed by atoms with Crippen LogP contribution in [0.3, 0.4) is 0 Å². The number of nitrogens with zero attached hydrogens (tertiary/aromatic N) is 3. The second kappa shape index (κ2) is 14.7. The van der Waals surface area contributed by atoms with Crippen LogP contribution >= 0.6 is 0 Å². The van der Waals surface area contributed by atoms with Crippen molar-refractivity contribution in [3.05, 3.63) is 95.6 Å². The Morgan fingerprint density at radius 1 is 0.595 bits per heavy atom. The molecule has 2 aliphatic rings. The van der Waals surface area contributed by atoms with Crippen LogP contribution in [0.1, 0.15) is 16.7 Å². The van der Waals surface area contributed by atoms with Crippen molar-refractivity contribution in [1.29, 1.82) is 0 Å². The van der Waals surface area contributed by atoms with Crippen LogP contribution in [-0.4, -0.2) is 71.5 Å². The molecule has 0 aliphatic carbocycles. The summed E-state index contributed by atoms with van der Waals surface area (Å²) >= 11 is 0. The van der Waals surface area contributed by atoms with Crippen LogP contribution in [0.5, 0.6) is 0 Å². The molecule has 0 spiro atoms. The zero-order chi connectivity index (χ0) is 25.7. The zero-order valence-corrected chi connectivity index (χ0v) is 22.4. The van der Waals surface area contributed by atoms with E-state index in [1.807, 2.05) is 0 Å². The van der Waals surface area contributed by atoms with E-state index >= 15 is 0 Å². The molecule has 198 valence electrons. The van der Waals surface area contributed by atoms with Gasteiger partial charge in [0, 0.05) is 95.6 Å². The molecule has 2 saturated heterocycles. The van der Waals surface area contributed by atoms with Gasteiger partial charge in [0.25, 0.3) is 0 Å². The number of nitrogens with one attached hydrogen (secondary N) is 1. The van der Waals surface area contributed by atoms with Gasteiger partial charge in [-0.1, -0.05) is 66.7 Å². The molecule has 6 nitrogen and oxygen atoms in total. The van der Waals surface area contributed by atoms with Crippen LogP contribution in [0.25, 0.3) is 0 Å². The number of ether oxygens (including phenoxy) is 2. The third-order valence-corrected chi connectivity index (χ3v) is 7.00. The van der Waals surface area contributed by atoms with Crippen molar-refractivity contribution in [2.45, 2.75) is 19.8 Å². The molecule has 0 saturated carbocycles. The first kappa shape index (κ1) is 27.1. The standard InChI is InChI=1S/C19H24N2O.C12H18N2O/c1-22-16-18-9-5-6-10-19(18)21-13-11-20(12-14-21)15-17-7-3-2-4-8-17;1-15-10-11-4-2-3-5-12(11)14-8-6-13-7-9-14/h2-10H,11-16H2,1H3;2-5,13H,6-10H2,1H3. The zero-order valence-electron chi connectivity index (χ0n) is 22.4. The molecule has 6 heteroatoms. The number of benzene rings is 3. The van der Waals surface area contributed by atoms with E-state index in [4.69, 9.17) is 9.47 Å². The largest absolute Gasteiger partial charge is 0.380 e. The summed E-state index contributed by atoms with van der Waals surface area (Å²) in [6, 6.07) is 27.8. The average Bonchev–Trinajstić information content (AvgIpc) is 2.96. The quantitative estimate of drug-likeness (QED) is 0.493. The fourth-order valence-electron chi connectivity index (χ4n) is 5.09. The molecule has 0 atom stereocenters. The number of rotatable bonds is 8. The summed E-state index contributed by atoms with van der Waals surface area (Å²) in [5.74, 6) is 0. The second-order valence-electron chi connectivity index (χ2n) is 9.61. The molecule has 2 heterocycles. The first-order valence-electron chi connectivity index (χ1n) is 13.4. The van der Waals surface area contributed by atoms with Crippen molar-refractivity contribution in [1.82, 2.24) is 10.2 Å². The number of piperazine rings is 2. The van der Waals surface area contributed by atoms with Crippen LogP contribution < -0.4 is 15.1 Å². The van der Waals surface area contributed by atoms with E-state index in [1.54, 1.807) is 14.2 Å². The Bertz CT molecular complexity index is 1050. The van der Waals surface area contributed by atoms with E-state index in [0.717, 1.165) is 58.9 Å². The molecule has 0 radical (unpaired) electrons. The molecule has 0 unspecified atom stereocenters. The Hall–Kier alpha value is -2.90. The van der Waals surface area contributed by atoms with Crippen molar-refractivity contribution in [2.24, 2.45) is 0 Å². The summed E-state index contributed by atoms with van der Waals surface area (Å²) in [6.45, 7) is 11.1. The van der Waals surface area contributed by atoms with Gasteiger partial charge in [0.05, 0.1) is 13.2 Å². The van der Waals surface area contributed by atoms with E-state index < -0.39 is 0 Å². The van der Waals surface area contributed by atoms with Gasteiger partial charge in [-0.25, -0.2) is 0 Å². The summed E-state index contributed by atoms with van der Waals surface area (Å²) < 4.78 is 10.5. The predicted molar refractivity (Wildman–Crippen MR) is 153 cm³/mol. The maximum Gasteiger partial charge on any atom is 0.0733 e. The fourth-order valence-corrected chi connectivity index (χ4v) is 5.09. The highest BCUT2D eigenvalue weighted by Crippen LogP contribution is 2.23. The number of hydrogen-bond donors (Lipinski definition) is 1. The SMILES string of the molecule is COCc1ccccc1N1CCN(Cc2ccccc2)CC1.COCc1ccccc1N1CCNCC1. The average molecular weight is 503 g/mol. The van der Waals surface area contributed by atoms with Gasteiger partial charge in [-0.2, -0.15) is 0 Å². The number of hydrogen-bond acceptors (Lipinski definition) is 6. The highest BCUT2D eigenvalue weighted by atomic mass is 16.5. The monoisotopic (exact) mass is 502 g/mol. The van der Waals surface area contributed by atoms with Crippen LogP contribution in [0, 0.1) is 0 Å². The first-order chi connectivity index (χ1) is 18.3. The maximum atomic E-state index is 5.32. The van der Waals surface area contributed by atoms with Crippen LogP contribution in [0.4, 0.5) is 11.4 Å². The summed E-state index contributed by atoms with van der Waals surface area (Å²) in [5.41, 5.74) is 6.60. The van der Waals surface area contributed by atoms with Gasteiger partial charge in [-0.05, 0) is 17.7 Å². The lowest BCUT2D eigenvalue weighted by molar-refractivity contribution is 0.184. The molecule has 2 aliphatic heterocycles. The summed E-state index contributed by atoms with van der Waals surface area (Å²) in [6.07, 6.45) is 0. The molecule has 0 bridgehead atoms. The molecule has 5 rings (SSSR count). The fraction of sp³-hybridized carbons (Fsp3) is 0.419. The smallest absolute Gasteiger partial charge is 0.0733 e. The minimum Gasteiger partial charge on any atom is -0.380 e. The van der Waals surface area contributed by atoms with E-state index in [0.29, 0.717) is 13.2 Å². The lowest BCUT2D eigenvalue weighted by Gasteiger charge is -2.37. The molecule has 3 aromatic rings. The topological polar surface area (TPSA) is 40.2 Å². The third kappa shape index (κ3) is 8.04. The van der Waals surface area contributed by atoms with Crippen molar-refractivity contribution in [3.63, 3.8) is 0 Å². The van der Waals surface area contributed by atoms with Gasteiger partial charge in [0.1, 0.15) is 0 Å². The van der Waals surface area contributed by atoms with Crippen molar-refractivity contribution in [3.8, 4) is 0 Å². The van der Waals surface area contributed by atoms with Gasteiger partial charge in [-0.15, -0.1) is 0 Å². The minimum absolute atomic E-state index is 0.681. The Balaban J connectivity index is 0.000000186. The van der Waals surface area contributed by atoms with Crippen LogP contribution in [-0.2, 0) is 29.2 Å². The molecule has 37 heavy (non-hydrogen) atoms. The summed E-state index contributed by atoms with van der Waals surface area (Å²) in [5, 5.41) is 3.36. The second-order valence-corrected chi connectivity index (χ2v) is 9.61. The Kier molecular flexibility index (Phi) is 10.8. The third-order valence-electron chi connectivity index (χ3n) is 7.00. The molecular weight excluding hydrogens is 460 g/mol. The van der Waals surface area contributed by atoms with Crippen LogP contribution in [0.2, 0.25) is 0 Å². The predicted octanol–water partition coefficient (Wildman–Crippen LogP) is 4.40. The molecule has 2 fully saturated rings. The molecule has 1 N–H and O–H groups in total. The van der Waals surface area contributed by atoms with Crippen LogP contribution in [0.15, 0.2) is 78.9 Å². The minimum atomic E-state index is 0.681. The van der Waals surface area contributed by atoms with E-state index in [9.17, 15) is 0 Å². The van der Waals surface area contributed by atoms with Gasteiger partial charge < -0.3 is 24.6 Å². The summed E-state index contributed by atoms with van der Waals surface area (Å²) in [4.78, 5) is 7.44. The van der Waals surface area contributed by atoms with E-state index in [1.165, 1.54) is 28.1 Å². The Morgan fingerprint density at radius 2 is 1.08 bits per heavy atom. The first-order valence-corrected chi connectivity index (χ1v) is 13.4. The van der Waals surface area contributed by atoms with Gasteiger partial charge in [0.15, 0.2) is 0 Å². The summed E-state index contributed by atoms with van der Waals surface area (Å²) in [7, 11) is 3.50. The number of para-hydroxylation sites is 2. The Labute approximate surface area is 222 Å². The van der Waals surface area contributed by atoms with Gasteiger partial charge in [0.2, 0.25) is 0 Å². The van der Waals surface area contributed by atoms with E-state index in [2.05, 4.69) is 98.9 Å². The molecule has 3 aromatic carbocycles. The molecular formula is C31H42N4O2. The van der Waals surface area contributed by atoms with E-state index in [-0.39, 0.29) is 0 Å². The lowest BCUT2D eigenvalue weighted by atomic mass is 10.1. The molecule has 0 amide bonds. The number of methoxy groups -OCH3 is 2. The normalized spacial score (nSPS) is 16.3. The van der Waals surface area contributed by atoms with Crippen molar-refractivity contribution < 1.29 is 9.47 Å².